The first-order chi connectivity index (χ1) is 7.86. The minimum Gasteiger partial charge on any atom is -0.311 e. The van der Waals surface area contributed by atoms with Crippen molar-refractivity contribution in [2.75, 3.05) is 6.54 Å². The SMILES string of the molecule is Clc1cnccc1CNCCn1ccnn1. The number of nitrogens with zero attached hydrogens (tertiary/aromatic N) is 4. The number of hydrogen-bond acceptors (Lipinski definition) is 4. The topological polar surface area (TPSA) is 55.6 Å². The maximum Gasteiger partial charge on any atom is 0.0692 e. The van der Waals surface area contributed by atoms with Gasteiger partial charge in [-0.25, -0.2) is 0 Å². The van der Waals surface area contributed by atoms with Crippen LogP contribution in [0.15, 0.2) is 30.9 Å². The van der Waals surface area contributed by atoms with Gasteiger partial charge in [0.2, 0.25) is 0 Å². The Kier molecular flexibility index (Phi) is 3.85. The third-order valence-corrected chi connectivity index (χ3v) is 2.50. The summed E-state index contributed by atoms with van der Waals surface area (Å²) in [5.41, 5.74) is 1.05. The third kappa shape index (κ3) is 3.01. The molecule has 2 aromatic rings. The predicted octanol–water partition coefficient (Wildman–Crippen LogP) is 1.12. The van der Waals surface area contributed by atoms with Crippen molar-refractivity contribution in [3.05, 3.63) is 41.4 Å². The first-order valence-corrected chi connectivity index (χ1v) is 5.37. The van der Waals surface area contributed by atoms with Crippen LogP contribution in [0.4, 0.5) is 0 Å². The highest BCUT2D eigenvalue weighted by Crippen LogP contribution is 2.12. The van der Waals surface area contributed by atoms with Crippen LogP contribution in [0.2, 0.25) is 5.02 Å². The molecule has 2 rings (SSSR count). The summed E-state index contributed by atoms with van der Waals surface area (Å²) in [4.78, 5) is 3.93. The second kappa shape index (κ2) is 5.58. The second-order valence-electron chi connectivity index (χ2n) is 3.31. The van der Waals surface area contributed by atoms with E-state index in [2.05, 4.69) is 20.6 Å². The van der Waals surface area contributed by atoms with Gasteiger partial charge in [0, 0.05) is 31.7 Å². The van der Waals surface area contributed by atoms with E-state index in [1.54, 1.807) is 23.3 Å². The molecule has 0 saturated heterocycles. The molecule has 5 nitrogen and oxygen atoms in total. The van der Waals surface area contributed by atoms with Gasteiger partial charge in [-0.3, -0.25) is 9.67 Å². The van der Waals surface area contributed by atoms with Gasteiger partial charge in [-0.05, 0) is 11.6 Å². The summed E-state index contributed by atoms with van der Waals surface area (Å²) >= 11 is 5.97. The van der Waals surface area contributed by atoms with Gasteiger partial charge in [0.15, 0.2) is 0 Å². The monoisotopic (exact) mass is 237 g/mol. The molecule has 0 aromatic carbocycles. The highest BCUT2D eigenvalue weighted by Gasteiger charge is 1.98. The fraction of sp³-hybridized carbons (Fsp3) is 0.300. The number of nitrogens with one attached hydrogen (secondary N) is 1. The molecule has 0 bridgehead atoms. The predicted molar refractivity (Wildman–Crippen MR) is 61.0 cm³/mol. The molecule has 0 spiro atoms. The molecule has 0 unspecified atom stereocenters. The maximum atomic E-state index is 5.97. The number of halogens is 1. The minimum absolute atomic E-state index is 0.691. The van der Waals surface area contributed by atoms with Crippen molar-refractivity contribution in [3.63, 3.8) is 0 Å². The Balaban J connectivity index is 1.74. The van der Waals surface area contributed by atoms with Crippen molar-refractivity contribution in [1.82, 2.24) is 25.3 Å². The van der Waals surface area contributed by atoms with Gasteiger partial charge in [-0.1, -0.05) is 16.8 Å². The number of pyridine rings is 1. The molecular formula is C10H12ClN5. The van der Waals surface area contributed by atoms with Crippen LogP contribution in [0.5, 0.6) is 0 Å². The lowest BCUT2D eigenvalue weighted by atomic mass is 10.3. The molecule has 1 N–H and O–H groups in total. The summed E-state index contributed by atoms with van der Waals surface area (Å²) in [5.74, 6) is 0. The van der Waals surface area contributed by atoms with Crippen LogP contribution >= 0.6 is 11.6 Å². The number of aromatic nitrogens is 4. The highest BCUT2D eigenvalue weighted by molar-refractivity contribution is 6.31. The molecule has 0 fully saturated rings. The molecular weight excluding hydrogens is 226 g/mol. The molecule has 0 amide bonds. The Morgan fingerprint density at radius 3 is 3.06 bits per heavy atom. The lowest BCUT2D eigenvalue weighted by Crippen LogP contribution is -2.20. The smallest absolute Gasteiger partial charge is 0.0692 e. The summed E-state index contributed by atoms with van der Waals surface area (Å²) in [6.45, 7) is 2.35. The van der Waals surface area contributed by atoms with Crippen LogP contribution in [0.25, 0.3) is 0 Å². The third-order valence-electron chi connectivity index (χ3n) is 2.16. The zero-order chi connectivity index (χ0) is 11.2. The summed E-state index contributed by atoms with van der Waals surface area (Å²) in [6.07, 6.45) is 6.89. The Morgan fingerprint density at radius 1 is 1.38 bits per heavy atom. The van der Waals surface area contributed by atoms with Crippen LogP contribution in [0, 0.1) is 0 Å². The number of rotatable bonds is 5. The van der Waals surface area contributed by atoms with E-state index >= 15 is 0 Å². The average Bonchev–Trinajstić information content (AvgIpc) is 2.79. The lowest BCUT2D eigenvalue weighted by molar-refractivity contribution is 0.540. The van der Waals surface area contributed by atoms with Gasteiger partial charge in [0.05, 0.1) is 17.8 Å². The lowest BCUT2D eigenvalue weighted by Gasteiger charge is -2.05. The summed E-state index contributed by atoms with van der Waals surface area (Å²) in [6, 6.07) is 1.91. The van der Waals surface area contributed by atoms with E-state index in [4.69, 9.17) is 11.6 Å². The zero-order valence-electron chi connectivity index (χ0n) is 8.67. The maximum absolute atomic E-state index is 5.97. The Labute approximate surface area is 98.5 Å². The summed E-state index contributed by atoms with van der Waals surface area (Å²) in [7, 11) is 0. The van der Waals surface area contributed by atoms with E-state index in [0.717, 1.165) is 25.2 Å². The first-order valence-electron chi connectivity index (χ1n) is 4.99. The van der Waals surface area contributed by atoms with E-state index in [-0.39, 0.29) is 0 Å². The van der Waals surface area contributed by atoms with Gasteiger partial charge in [0.1, 0.15) is 0 Å². The largest absolute Gasteiger partial charge is 0.311 e. The highest BCUT2D eigenvalue weighted by atomic mass is 35.5. The van der Waals surface area contributed by atoms with Gasteiger partial charge < -0.3 is 5.32 Å². The van der Waals surface area contributed by atoms with Gasteiger partial charge in [-0.2, -0.15) is 0 Å². The zero-order valence-corrected chi connectivity index (χ0v) is 9.43. The van der Waals surface area contributed by atoms with Crippen LogP contribution in [-0.2, 0) is 13.1 Å². The van der Waals surface area contributed by atoms with E-state index in [1.165, 1.54) is 0 Å². The molecule has 0 atom stereocenters. The van der Waals surface area contributed by atoms with Crippen LogP contribution in [-0.4, -0.2) is 26.5 Å². The molecule has 2 aromatic heterocycles. The standard InChI is InChI=1S/C10H12ClN5/c11-10-8-12-2-1-9(10)7-13-3-5-16-6-4-14-15-16/h1-2,4,6,8,13H,3,5,7H2. The Morgan fingerprint density at radius 2 is 2.31 bits per heavy atom. The molecule has 0 aliphatic carbocycles. The van der Waals surface area contributed by atoms with E-state index in [1.807, 2.05) is 12.3 Å². The van der Waals surface area contributed by atoms with Crippen molar-refractivity contribution in [2.45, 2.75) is 13.1 Å². The van der Waals surface area contributed by atoms with Crippen LogP contribution in [0.1, 0.15) is 5.56 Å². The molecule has 0 radical (unpaired) electrons. The molecule has 0 aliphatic heterocycles. The number of hydrogen-bond donors (Lipinski definition) is 1. The average molecular weight is 238 g/mol. The minimum atomic E-state index is 0.691. The molecule has 0 aliphatic rings. The first kappa shape index (κ1) is 11.0. The van der Waals surface area contributed by atoms with Gasteiger partial charge in [-0.15, -0.1) is 5.10 Å². The van der Waals surface area contributed by atoms with Crippen molar-refractivity contribution < 1.29 is 0 Å². The fourth-order valence-corrected chi connectivity index (χ4v) is 1.50. The second-order valence-corrected chi connectivity index (χ2v) is 3.72. The summed E-state index contributed by atoms with van der Waals surface area (Å²) < 4.78 is 1.78. The Bertz CT molecular complexity index is 429. The van der Waals surface area contributed by atoms with Crippen molar-refractivity contribution in [3.8, 4) is 0 Å². The van der Waals surface area contributed by atoms with Gasteiger partial charge in [0.25, 0.3) is 0 Å². The Hall–Kier alpha value is -1.46. The van der Waals surface area contributed by atoms with Crippen molar-refractivity contribution in [1.29, 1.82) is 0 Å². The van der Waals surface area contributed by atoms with E-state index < -0.39 is 0 Å². The van der Waals surface area contributed by atoms with Crippen LogP contribution < -0.4 is 5.32 Å². The van der Waals surface area contributed by atoms with Crippen molar-refractivity contribution >= 4 is 11.6 Å². The van der Waals surface area contributed by atoms with Crippen molar-refractivity contribution in [2.24, 2.45) is 0 Å². The van der Waals surface area contributed by atoms with Gasteiger partial charge >= 0.3 is 0 Å². The quantitative estimate of drug-likeness (QED) is 0.792. The van der Waals surface area contributed by atoms with E-state index in [9.17, 15) is 0 Å². The molecule has 6 heteroatoms. The van der Waals surface area contributed by atoms with Crippen LogP contribution in [0.3, 0.4) is 0 Å². The fourth-order valence-electron chi connectivity index (χ4n) is 1.32. The molecule has 84 valence electrons. The van der Waals surface area contributed by atoms with E-state index in [0.29, 0.717) is 5.02 Å². The molecule has 16 heavy (non-hydrogen) atoms. The summed E-state index contributed by atoms with van der Waals surface area (Å²) in [5, 5.41) is 11.6. The molecule has 2 heterocycles. The normalized spacial score (nSPS) is 10.6. The molecule has 0 saturated carbocycles.